The van der Waals surface area contributed by atoms with Crippen LogP contribution in [0.3, 0.4) is 0 Å². The normalized spacial score (nSPS) is 15.1. The molecule has 0 bridgehead atoms. The molecule has 3 aromatic rings. The number of hydrogen-bond acceptors (Lipinski definition) is 6. The molecule has 190 valence electrons. The molecule has 2 aromatic carbocycles. The van der Waals surface area contributed by atoms with Crippen molar-refractivity contribution < 1.29 is 17.9 Å². The average Bonchev–Trinajstić information content (AvgIpc) is 3.17. The molecule has 1 atom stereocenters. The van der Waals surface area contributed by atoms with Crippen LogP contribution in [0, 0.1) is 5.92 Å². The lowest BCUT2D eigenvalue weighted by atomic mass is 9.88. The van der Waals surface area contributed by atoms with Gasteiger partial charge < -0.3 is 15.4 Å². The molecular weight excluding hydrogens is 561 g/mol. The van der Waals surface area contributed by atoms with Gasteiger partial charge in [0.15, 0.2) is 5.11 Å². The number of anilines is 3. The van der Waals surface area contributed by atoms with Gasteiger partial charge in [-0.2, -0.15) is 0 Å². The maximum Gasteiger partial charge on any atom is 0.341 e. The van der Waals surface area contributed by atoms with Gasteiger partial charge in [0.2, 0.25) is 0 Å². The van der Waals surface area contributed by atoms with Crippen LogP contribution in [-0.4, -0.2) is 26.6 Å². The molecule has 0 saturated heterocycles. The van der Waals surface area contributed by atoms with E-state index >= 15 is 0 Å². The molecule has 1 aromatic heterocycles. The molecule has 1 unspecified atom stereocenters. The number of thiocarbonyl (C=S) groups is 1. The number of nitrogens with one attached hydrogen (secondary N) is 3. The summed E-state index contributed by atoms with van der Waals surface area (Å²) in [5.41, 5.74) is 2.43. The number of sulfonamides is 1. The second kappa shape index (κ2) is 10.9. The quantitative estimate of drug-likeness (QED) is 0.223. The second-order valence-corrected chi connectivity index (χ2v) is 12.4. The van der Waals surface area contributed by atoms with Gasteiger partial charge in [0.25, 0.3) is 10.0 Å². The van der Waals surface area contributed by atoms with Crippen LogP contribution in [0.4, 0.5) is 16.4 Å². The summed E-state index contributed by atoms with van der Waals surface area (Å²) in [5.74, 6) is 0.164. The van der Waals surface area contributed by atoms with Crippen molar-refractivity contribution >= 4 is 84.2 Å². The van der Waals surface area contributed by atoms with Gasteiger partial charge in [-0.15, -0.1) is 11.3 Å². The summed E-state index contributed by atoms with van der Waals surface area (Å²) in [6.07, 6.45) is 2.76. The SMILES string of the molecule is COC(=O)c1c(NC(=S)Nc2ccc(S(=O)(=O)Nc3ccc(Cl)c(Cl)c3)cc2)sc2c1CCC(C)C2. The van der Waals surface area contributed by atoms with Gasteiger partial charge >= 0.3 is 5.97 Å². The molecule has 0 aliphatic heterocycles. The van der Waals surface area contributed by atoms with E-state index < -0.39 is 16.0 Å². The predicted molar refractivity (Wildman–Crippen MR) is 150 cm³/mol. The molecule has 1 heterocycles. The fourth-order valence-corrected chi connectivity index (χ4v) is 6.95. The maximum atomic E-state index is 12.7. The molecule has 7 nitrogen and oxygen atoms in total. The predicted octanol–water partition coefficient (Wildman–Crippen LogP) is 6.58. The lowest BCUT2D eigenvalue weighted by Crippen LogP contribution is -2.20. The summed E-state index contributed by atoms with van der Waals surface area (Å²) >= 11 is 18.8. The Kier molecular flexibility index (Phi) is 8.11. The number of rotatable bonds is 6. The topological polar surface area (TPSA) is 96.5 Å². The first-order chi connectivity index (χ1) is 17.1. The summed E-state index contributed by atoms with van der Waals surface area (Å²) in [6, 6.07) is 10.6. The van der Waals surface area contributed by atoms with Crippen LogP contribution in [-0.2, 0) is 27.6 Å². The minimum absolute atomic E-state index is 0.0611. The van der Waals surface area contributed by atoms with E-state index in [1.54, 1.807) is 12.1 Å². The third-order valence-corrected chi connectivity index (χ3v) is 9.23. The van der Waals surface area contributed by atoms with Gasteiger partial charge in [-0.1, -0.05) is 30.1 Å². The molecule has 0 radical (unpaired) electrons. The lowest BCUT2D eigenvalue weighted by molar-refractivity contribution is 0.0601. The van der Waals surface area contributed by atoms with Gasteiger partial charge in [-0.05, 0) is 85.4 Å². The van der Waals surface area contributed by atoms with Gasteiger partial charge in [0.1, 0.15) is 5.00 Å². The highest BCUT2D eigenvalue weighted by atomic mass is 35.5. The number of carbonyl (C=O) groups excluding carboxylic acids is 1. The zero-order valence-electron chi connectivity index (χ0n) is 19.4. The van der Waals surface area contributed by atoms with Crippen molar-refractivity contribution in [2.24, 2.45) is 5.92 Å². The summed E-state index contributed by atoms with van der Waals surface area (Å²) in [7, 11) is -2.47. The zero-order valence-corrected chi connectivity index (χ0v) is 23.3. The Balaban J connectivity index is 1.46. The molecule has 1 aliphatic rings. The van der Waals surface area contributed by atoms with Crippen molar-refractivity contribution in [2.45, 2.75) is 31.1 Å². The van der Waals surface area contributed by atoms with Crippen LogP contribution in [0.2, 0.25) is 10.0 Å². The smallest absolute Gasteiger partial charge is 0.341 e. The fraction of sp³-hybridized carbons (Fsp3) is 0.250. The number of halogens is 2. The number of methoxy groups -OCH3 is 1. The Morgan fingerprint density at radius 1 is 1.08 bits per heavy atom. The van der Waals surface area contributed by atoms with Crippen molar-refractivity contribution in [1.29, 1.82) is 0 Å². The zero-order chi connectivity index (χ0) is 26.0. The van der Waals surface area contributed by atoms with Crippen LogP contribution in [0.15, 0.2) is 47.4 Å². The van der Waals surface area contributed by atoms with Crippen molar-refractivity contribution in [1.82, 2.24) is 0 Å². The van der Waals surface area contributed by atoms with Crippen LogP contribution in [0.25, 0.3) is 0 Å². The third kappa shape index (κ3) is 5.95. The minimum atomic E-state index is -3.84. The van der Waals surface area contributed by atoms with E-state index in [1.165, 1.54) is 53.7 Å². The van der Waals surface area contributed by atoms with E-state index in [2.05, 4.69) is 22.3 Å². The highest BCUT2D eigenvalue weighted by molar-refractivity contribution is 7.92. The Labute approximate surface area is 229 Å². The molecule has 36 heavy (non-hydrogen) atoms. The molecule has 0 fully saturated rings. The van der Waals surface area contributed by atoms with Crippen LogP contribution >= 0.6 is 46.8 Å². The van der Waals surface area contributed by atoms with E-state index in [1.807, 2.05) is 0 Å². The Bertz CT molecular complexity index is 1420. The van der Waals surface area contributed by atoms with Crippen molar-refractivity contribution in [3.8, 4) is 0 Å². The maximum absolute atomic E-state index is 12.7. The van der Waals surface area contributed by atoms with Crippen LogP contribution in [0.5, 0.6) is 0 Å². The number of hydrogen-bond donors (Lipinski definition) is 3. The summed E-state index contributed by atoms with van der Waals surface area (Å²) in [6.45, 7) is 2.20. The monoisotopic (exact) mass is 583 g/mol. The number of ether oxygens (including phenoxy) is 1. The highest BCUT2D eigenvalue weighted by Crippen LogP contribution is 2.40. The van der Waals surface area contributed by atoms with E-state index in [9.17, 15) is 13.2 Å². The summed E-state index contributed by atoms with van der Waals surface area (Å²) in [4.78, 5) is 13.7. The van der Waals surface area contributed by atoms with Gasteiger partial charge in [0.05, 0.1) is 33.3 Å². The molecule has 0 saturated carbocycles. The molecule has 4 rings (SSSR count). The van der Waals surface area contributed by atoms with Gasteiger partial charge in [-0.25, -0.2) is 13.2 Å². The molecule has 0 amide bonds. The van der Waals surface area contributed by atoms with Crippen molar-refractivity contribution in [3.05, 3.63) is 68.5 Å². The van der Waals surface area contributed by atoms with Crippen LogP contribution < -0.4 is 15.4 Å². The number of thiophene rings is 1. The van der Waals surface area contributed by atoms with E-state index in [0.717, 1.165) is 24.8 Å². The first-order valence-electron chi connectivity index (χ1n) is 11.0. The van der Waals surface area contributed by atoms with Crippen molar-refractivity contribution in [3.63, 3.8) is 0 Å². The average molecular weight is 585 g/mol. The molecule has 0 spiro atoms. The highest BCUT2D eigenvalue weighted by Gasteiger charge is 2.28. The second-order valence-electron chi connectivity index (χ2n) is 8.39. The number of carbonyl (C=O) groups is 1. The first kappa shape index (κ1) is 26.7. The minimum Gasteiger partial charge on any atom is -0.465 e. The van der Waals surface area contributed by atoms with Gasteiger partial charge in [-0.3, -0.25) is 4.72 Å². The molecular formula is C24H23Cl2N3O4S3. The fourth-order valence-electron chi connectivity index (χ4n) is 3.91. The molecule has 12 heteroatoms. The molecule has 3 N–H and O–H groups in total. The molecule has 1 aliphatic carbocycles. The van der Waals surface area contributed by atoms with E-state index in [-0.39, 0.29) is 15.0 Å². The number of fused-ring (bicyclic) bond motifs is 1. The first-order valence-corrected chi connectivity index (χ1v) is 14.4. The summed E-state index contributed by atoms with van der Waals surface area (Å²) in [5, 5.41) is 7.64. The Hall–Kier alpha value is -2.37. The number of esters is 1. The standard InChI is InChI=1S/C24H23Cl2N3O4S3/c1-13-3-9-17-20(11-13)35-22(21(17)23(30)33-2)28-24(34)27-14-4-7-16(8-5-14)36(31,32)29-15-6-10-18(25)19(26)12-15/h4-8,10,12-13,29H,3,9,11H2,1-2H3,(H2,27,28,34). The van der Waals surface area contributed by atoms with E-state index in [0.29, 0.717) is 32.9 Å². The lowest BCUT2D eigenvalue weighted by Gasteiger charge is -2.18. The third-order valence-electron chi connectivity index (χ3n) is 5.72. The van der Waals surface area contributed by atoms with E-state index in [4.69, 9.17) is 40.2 Å². The van der Waals surface area contributed by atoms with Gasteiger partial charge in [0, 0.05) is 10.6 Å². The van der Waals surface area contributed by atoms with Crippen molar-refractivity contribution in [2.75, 3.05) is 22.5 Å². The Morgan fingerprint density at radius 3 is 2.44 bits per heavy atom. The Morgan fingerprint density at radius 2 is 1.78 bits per heavy atom. The number of benzene rings is 2. The largest absolute Gasteiger partial charge is 0.465 e. The van der Waals surface area contributed by atoms with Crippen LogP contribution in [0.1, 0.15) is 34.1 Å². The summed E-state index contributed by atoms with van der Waals surface area (Å²) < 4.78 is 33.0.